The van der Waals surface area contributed by atoms with Gasteiger partial charge in [-0.2, -0.15) is 17.5 Å². The minimum Gasteiger partial charge on any atom is -0.206 e. The lowest BCUT2D eigenvalue weighted by molar-refractivity contribution is -0.549. The fourth-order valence-electron chi connectivity index (χ4n) is 0.460. The van der Waals surface area contributed by atoms with E-state index in [0.717, 1.165) is 6.42 Å². The normalized spacial score (nSPS) is 36.7. The van der Waals surface area contributed by atoms with Crippen molar-refractivity contribution in [2.75, 3.05) is 12.4 Å². The van der Waals surface area contributed by atoms with Gasteiger partial charge >= 0.3 is 0 Å². The minimum atomic E-state index is -0.293. The van der Waals surface area contributed by atoms with Crippen LogP contribution in [0.2, 0.25) is 0 Å². The quantitative estimate of drug-likeness (QED) is 0.334. The second-order valence-electron chi connectivity index (χ2n) is 1.76. The second-order valence-corrected chi connectivity index (χ2v) is 4.05. The molecule has 0 amide bonds. The molecule has 0 saturated carbocycles. The Morgan fingerprint density at radius 3 is 2.78 bits per heavy atom. The Bertz CT molecular complexity index is 93.8. The predicted octanol–water partition coefficient (Wildman–Crippen LogP) is 1.33. The van der Waals surface area contributed by atoms with Gasteiger partial charge in [-0.3, -0.25) is 0 Å². The van der Waals surface area contributed by atoms with E-state index in [1.54, 1.807) is 0 Å². The Kier molecular flexibility index (Phi) is 3.03. The van der Waals surface area contributed by atoms with Gasteiger partial charge in [-0.05, 0) is 22.6 Å². The van der Waals surface area contributed by atoms with E-state index in [9.17, 15) is 0 Å². The molecule has 0 spiro atoms. The summed E-state index contributed by atoms with van der Waals surface area (Å²) < 4.78 is -0.293. The first-order chi connectivity index (χ1) is 4.27. The molecule has 1 saturated heterocycles. The van der Waals surface area contributed by atoms with Crippen LogP contribution in [0.3, 0.4) is 0 Å². The first kappa shape index (κ1) is 8.06. The molecule has 0 aliphatic carbocycles. The van der Waals surface area contributed by atoms with E-state index in [4.69, 9.17) is 4.89 Å². The van der Waals surface area contributed by atoms with Crippen LogP contribution in [0.4, 0.5) is 0 Å². The van der Waals surface area contributed by atoms with Crippen LogP contribution in [0.25, 0.3) is 0 Å². The van der Waals surface area contributed by atoms with Crippen molar-refractivity contribution < 1.29 is 14.8 Å². The lowest BCUT2D eigenvalue weighted by Gasteiger charge is -2.26. The topological polar surface area (TPSA) is 27.7 Å². The predicted molar refractivity (Wildman–Crippen MR) is 43.3 cm³/mol. The molecule has 1 unspecified atom stereocenters. The highest BCUT2D eigenvalue weighted by molar-refractivity contribution is 14.1. The molecule has 54 valence electrons. The summed E-state index contributed by atoms with van der Waals surface area (Å²) in [7, 11) is 0. The van der Waals surface area contributed by atoms with Crippen LogP contribution >= 0.6 is 35.2 Å². The summed E-state index contributed by atoms with van der Waals surface area (Å²) in [4.78, 5) is 9.31. The highest BCUT2D eigenvalue weighted by Crippen LogP contribution is 2.29. The second kappa shape index (κ2) is 3.38. The molecule has 0 aromatic rings. The van der Waals surface area contributed by atoms with Gasteiger partial charge < -0.3 is 0 Å². The Morgan fingerprint density at radius 2 is 2.44 bits per heavy atom. The van der Waals surface area contributed by atoms with Crippen LogP contribution in [-0.2, 0) is 14.8 Å². The molecule has 5 heteroatoms. The summed E-state index contributed by atoms with van der Waals surface area (Å²) in [6, 6.07) is 0. The summed E-state index contributed by atoms with van der Waals surface area (Å²) in [5, 5.41) is 4.32. The fourth-order valence-corrected chi connectivity index (χ4v) is 0.965. The summed E-state index contributed by atoms with van der Waals surface area (Å²) in [5.74, 6) is 0.636. The van der Waals surface area contributed by atoms with Gasteiger partial charge in [-0.15, -0.1) is 0 Å². The lowest BCUT2D eigenvalue weighted by atomic mass is 10.3. The number of rotatable bonds is 1. The minimum absolute atomic E-state index is 0.293. The van der Waals surface area contributed by atoms with Crippen molar-refractivity contribution in [3.63, 3.8) is 0 Å². The van der Waals surface area contributed by atoms with Crippen molar-refractivity contribution in [2.45, 2.75) is 10.0 Å². The average Bonchev–Trinajstić information content (AvgIpc) is 1.90. The fraction of sp³-hybridized carbons (Fsp3) is 1.00. The number of halogens is 1. The van der Waals surface area contributed by atoms with E-state index in [2.05, 4.69) is 45.1 Å². The van der Waals surface area contributed by atoms with E-state index in [0.29, 0.717) is 12.4 Å². The van der Waals surface area contributed by atoms with E-state index in [1.807, 2.05) is 0 Å². The zero-order chi connectivity index (χ0) is 6.74. The van der Waals surface area contributed by atoms with Gasteiger partial charge in [-0.1, -0.05) is 5.04 Å². The maximum atomic E-state index is 4.80. The summed E-state index contributed by atoms with van der Waals surface area (Å²) in [5.41, 5.74) is 0. The standard InChI is InChI=1S/C4H7IO3S/c5-4(3-9)1-2-6-8-7-4/h9H,1-3H2. The zero-order valence-corrected chi connectivity index (χ0v) is 7.72. The van der Waals surface area contributed by atoms with E-state index >= 15 is 0 Å². The molecule has 0 radical (unpaired) electrons. The zero-order valence-electron chi connectivity index (χ0n) is 4.67. The molecule has 0 aromatic heterocycles. The Morgan fingerprint density at radius 1 is 1.67 bits per heavy atom. The van der Waals surface area contributed by atoms with Crippen molar-refractivity contribution in [3.8, 4) is 0 Å². The van der Waals surface area contributed by atoms with Crippen LogP contribution in [0.15, 0.2) is 0 Å². The van der Waals surface area contributed by atoms with E-state index in [1.165, 1.54) is 0 Å². The summed E-state index contributed by atoms with van der Waals surface area (Å²) in [6.07, 6.45) is 0.817. The van der Waals surface area contributed by atoms with Crippen LogP contribution < -0.4 is 0 Å². The lowest BCUT2D eigenvalue weighted by Crippen LogP contribution is -2.33. The van der Waals surface area contributed by atoms with Gasteiger partial charge in [0, 0.05) is 12.2 Å². The summed E-state index contributed by atoms with van der Waals surface area (Å²) in [6.45, 7) is 0.573. The molecule has 1 atom stereocenters. The number of hydrogen-bond acceptors (Lipinski definition) is 4. The van der Waals surface area contributed by atoms with Crippen LogP contribution in [0, 0.1) is 0 Å². The Hall–Kier alpha value is 0.960. The summed E-state index contributed by atoms with van der Waals surface area (Å²) >= 11 is 6.23. The molecule has 0 bridgehead atoms. The van der Waals surface area contributed by atoms with E-state index < -0.39 is 0 Å². The maximum absolute atomic E-state index is 4.80. The number of thiol groups is 1. The molecular formula is C4H7IO3S. The first-order valence-electron chi connectivity index (χ1n) is 2.54. The van der Waals surface area contributed by atoms with Crippen LogP contribution in [0.1, 0.15) is 6.42 Å². The molecule has 1 fully saturated rings. The Labute approximate surface area is 72.4 Å². The monoisotopic (exact) mass is 262 g/mol. The van der Waals surface area contributed by atoms with Crippen molar-refractivity contribution >= 4 is 35.2 Å². The van der Waals surface area contributed by atoms with Gasteiger partial charge in [-0.25, -0.2) is 4.89 Å². The molecule has 1 aliphatic heterocycles. The van der Waals surface area contributed by atoms with Gasteiger partial charge in [0.25, 0.3) is 0 Å². The smallest absolute Gasteiger partial charge is 0.168 e. The highest BCUT2D eigenvalue weighted by Gasteiger charge is 2.31. The third kappa shape index (κ3) is 2.23. The molecular weight excluding hydrogens is 255 g/mol. The van der Waals surface area contributed by atoms with Gasteiger partial charge in [0.15, 0.2) is 3.61 Å². The van der Waals surface area contributed by atoms with E-state index in [-0.39, 0.29) is 3.61 Å². The Balaban J connectivity index is 2.37. The molecule has 9 heavy (non-hydrogen) atoms. The molecule has 1 aliphatic rings. The third-order valence-electron chi connectivity index (χ3n) is 1.03. The van der Waals surface area contributed by atoms with Crippen LogP contribution in [0.5, 0.6) is 0 Å². The SMILES string of the molecule is SCC1(I)CCOOO1. The number of hydrogen-bond donors (Lipinski definition) is 1. The maximum Gasteiger partial charge on any atom is 0.168 e. The van der Waals surface area contributed by atoms with Crippen molar-refractivity contribution in [1.82, 2.24) is 0 Å². The van der Waals surface area contributed by atoms with Crippen molar-refractivity contribution in [2.24, 2.45) is 0 Å². The molecule has 0 aromatic carbocycles. The van der Waals surface area contributed by atoms with Gasteiger partial charge in [0.05, 0.1) is 6.61 Å². The third-order valence-corrected chi connectivity index (χ3v) is 3.24. The molecule has 0 N–H and O–H groups in total. The number of alkyl halides is 1. The van der Waals surface area contributed by atoms with Crippen molar-refractivity contribution in [3.05, 3.63) is 0 Å². The molecule has 1 rings (SSSR count). The molecule has 1 heterocycles. The molecule has 3 nitrogen and oxygen atoms in total. The largest absolute Gasteiger partial charge is 0.206 e. The average molecular weight is 262 g/mol. The van der Waals surface area contributed by atoms with Gasteiger partial charge in [0.2, 0.25) is 0 Å². The van der Waals surface area contributed by atoms with Crippen LogP contribution in [-0.4, -0.2) is 16.0 Å². The van der Waals surface area contributed by atoms with Gasteiger partial charge in [0.1, 0.15) is 0 Å². The first-order valence-corrected chi connectivity index (χ1v) is 4.25. The highest BCUT2D eigenvalue weighted by atomic mass is 127. The van der Waals surface area contributed by atoms with Crippen molar-refractivity contribution in [1.29, 1.82) is 0 Å².